The number of amides is 1. The number of hydrogen-bond acceptors (Lipinski definition) is 2. The highest BCUT2D eigenvalue weighted by Crippen LogP contribution is 2.21. The van der Waals surface area contributed by atoms with Crippen molar-refractivity contribution in [2.45, 2.75) is 13.8 Å². The SMILES string of the molecule is Cc1cc(NC(=O)c2cccc(O)c2C)ccc1F. The molecule has 0 fully saturated rings. The summed E-state index contributed by atoms with van der Waals surface area (Å²) in [7, 11) is 0. The van der Waals surface area contributed by atoms with E-state index >= 15 is 0 Å². The summed E-state index contributed by atoms with van der Waals surface area (Å²) in [5.41, 5.74) is 1.89. The van der Waals surface area contributed by atoms with Gasteiger partial charge >= 0.3 is 0 Å². The number of anilines is 1. The Bertz CT molecular complexity index is 638. The smallest absolute Gasteiger partial charge is 0.256 e. The van der Waals surface area contributed by atoms with Gasteiger partial charge in [0.1, 0.15) is 11.6 Å². The Labute approximate surface area is 110 Å². The molecule has 0 aliphatic carbocycles. The summed E-state index contributed by atoms with van der Waals surface area (Å²) in [6.07, 6.45) is 0. The molecule has 0 unspecified atom stereocenters. The monoisotopic (exact) mass is 259 g/mol. The van der Waals surface area contributed by atoms with Gasteiger partial charge in [-0.2, -0.15) is 0 Å². The summed E-state index contributed by atoms with van der Waals surface area (Å²) in [6.45, 7) is 3.30. The lowest BCUT2D eigenvalue weighted by Gasteiger charge is -2.09. The Hall–Kier alpha value is -2.36. The van der Waals surface area contributed by atoms with Crippen LogP contribution in [0.5, 0.6) is 5.75 Å². The highest BCUT2D eigenvalue weighted by Gasteiger charge is 2.11. The number of carbonyl (C=O) groups is 1. The molecule has 2 aromatic rings. The van der Waals surface area contributed by atoms with E-state index in [0.717, 1.165) is 0 Å². The van der Waals surface area contributed by atoms with Crippen LogP contribution in [-0.2, 0) is 0 Å². The molecule has 1 amide bonds. The first-order chi connectivity index (χ1) is 8.99. The van der Waals surface area contributed by atoms with E-state index in [0.29, 0.717) is 22.4 Å². The molecule has 0 radical (unpaired) electrons. The van der Waals surface area contributed by atoms with Crippen molar-refractivity contribution in [3.63, 3.8) is 0 Å². The maximum Gasteiger partial charge on any atom is 0.256 e. The van der Waals surface area contributed by atoms with E-state index in [1.807, 2.05) is 0 Å². The predicted octanol–water partition coefficient (Wildman–Crippen LogP) is 3.40. The van der Waals surface area contributed by atoms with E-state index < -0.39 is 0 Å². The Morgan fingerprint density at radius 2 is 1.95 bits per heavy atom. The van der Waals surface area contributed by atoms with Crippen LogP contribution < -0.4 is 5.32 Å². The van der Waals surface area contributed by atoms with E-state index in [1.54, 1.807) is 32.0 Å². The number of aryl methyl sites for hydroxylation is 1. The Balaban J connectivity index is 2.26. The van der Waals surface area contributed by atoms with E-state index in [9.17, 15) is 14.3 Å². The van der Waals surface area contributed by atoms with Crippen LogP contribution in [0.4, 0.5) is 10.1 Å². The van der Waals surface area contributed by atoms with Crippen molar-refractivity contribution in [1.82, 2.24) is 0 Å². The standard InChI is InChI=1S/C15H14FNO2/c1-9-8-11(6-7-13(9)16)17-15(19)12-4-3-5-14(18)10(12)2/h3-8,18H,1-2H3,(H,17,19). The number of phenolic OH excluding ortho intramolecular Hbond substituents is 1. The van der Waals surface area contributed by atoms with Crippen molar-refractivity contribution in [2.75, 3.05) is 5.32 Å². The van der Waals surface area contributed by atoms with Crippen LogP contribution >= 0.6 is 0 Å². The molecule has 0 heterocycles. The molecule has 3 nitrogen and oxygen atoms in total. The number of nitrogens with one attached hydrogen (secondary N) is 1. The fourth-order valence-electron chi connectivity index (χ4n) is 1.79. The maximum atomic E-state index is 13.1. The molecule has 0 spiro atoms. The molecule has 0 aliphatic heterocycles. The van der Waals surface area contributed by atoms with Crippen molar-refractivity contribution in [3.8, 4) is 5.75 Å². The third-order valence-electron chi connectivity index (χ3n) is 2.97. The molecule has 0 atom stereocenters. The summed E-state index contributed by atoms with van der Waals surface area (Å²) in [5.74, 6) is -0.575. The van der Waals surface area contributed by atoms with Crippen molar-refractivity contribution >= 4 is 11.6 Å². The van der Waals surface area contributed by atoms with Gasteiger partial charge in [0, 0.05) is 16.8 Å². The van der Waals surface area contributed by atoms with E-state index in [-0.39, 0.29) is 17.5 Å². The molecule has 0 saturated heterocycles. The number of rotatable bonds is 2. The Morgan fingerprint density at radius 3 is 2.63 bits per heavy atom. The predicted molar refractivity (Wildman–Crippen MR) is 71.9 cm³/mol. The van der Waals surface area contributed by atoms with Crippen LogP contribution in [-0.4, -0.2) is 11.0 Å². The normalized spacial score (nSPS) is 10.3. The van der Waals surface area contributed by atoms with E-state index in [4.69, 9.17) is 0 Å². The zero-order chi connectivity index (χ0) is 14.0. The number of benzene rings is 2. The van der Waals surface area contributed by atoms with Crippen molar-refractivity contribution < 1.29 is 14.3 Å². The molecule has 2 rings (SSSR count). The topological polar surface area (TPSA) is 49.3 Å². The molecule has 0 bridgehead atoms. The summed E-state index contributed by atoms with van der Waals surface area (Å²) in [5, 5.41) is 12.2. The molecular formula is C15H14FNO2. The second kappa shape index (κ2) is 5.10. The fourth-order valence-corrected chi connectivity index (χ4v) is 1.79. The molecule has 19 heavy (non-hydrogen) atoms. The average molecular weight is 259 g/mol. The minimum absolute atomic E-state index is 0.0722. The van der Waals surface area contributed by atoms with Gasteiger partial charge in [-0.25, -0.2) is 4.39 Å². The van der Waals surface area contributed by atoms with E-state index in [2.05, 4.69) is 5.32 Å². The number of aromatic hydroxyl groups is 1. The van der Waals surface area contributed by atoms with Gasteiger partial charge in [-0.1, -0.05) is 6.07 Å². The molecular weight excluding hydrogens is 245 g/mol. The zero-order valence-corrected chi connectivity index (χ0v) is 10.7. The van der Waals surface area contributed by atoms with Gasteiger partial charge < -0.3 is 10.4 Å². The third kappa shape index (κ3) is 2.73. The maximum absolute atomic E-state index is 13.1. The minimum Gasteiger partial charge on any atom is -0.508 e. The first kappa shape index (κ1) is 13.1. The van der Waals surface area contributed by atoms with Gasteiger partial charge in [0.15, 0.2) is 0 Å². The Morgan fingerprint density at radius 1 is 1.21 bits per heavy atom. The lowest BCUT2D eigenvalue weighted by molar-refractivity contribution is 0.102. The Kier molecular flexibility index (Phi) is 3.51. The summed E-state index contributed by atoms with van der Waals surface area (Å²) >= 11 is 0. The second-order valence-electron chi connectivity index (χ2n) is 4.37. The van der Waals surface area contributed by atoms with Crippen LogP contribution in [0.3, 0.4) is 0 Å². The minimum atomic E-state index is -0.334. The quantitative estimate of drug-likeness (QED) is 0.868. The number of phenols is 1. The van der Waals surface area contributed by atoms with Crippen molar-refractivity contribution in [2.24, 2.45) is 0 Å². The summed E-state index contributed by atoms with van der Waals surface area (Å²) in [6, 6.07) is 9.12. The molecule has 2 aromatic carbocycles. The number of hydrogen-bond donors (Lipinski definition) is 2. The molecule has 0 aliphatic rings. The highest BCUT2D eigenvalue weighted by atomic mass is 19.1. The lowest BCUT2D eigenvalue weighted by atomic mass is 10.1. The third-order valence-corrected chi connectivity index (χ3v) is 2.97. The molecule has 0 saturated carbocycles. The molecule has 2 N–H and O–H groups in total. The van der Waals surface area contributed by atoms with Crippen molar-refractivity contribution in [3.05, 3.63) is 58.9 Å². The van der Waals surface area contributed by atoms with Crippen LogP contribution in [0.2, 0.25) is 0 Å². The zero-order valence-electron chi connectivity index (χ0n) is 10.7. The van der Waals surface area contributed by atoms with Crippen LogP contribution in [0.15, 0.2) is 36.4 Å². The van der Waals surface area contributed by atoms with Gasteiger partial charge in [-0.3, -0.25) is 4.79 Å². The van der Waals surface area contributed by atoms with Crippen LogP contribution in [0.1, 0.15) is 21.5 Å². The summed E-state index contributed by atoms with van der Waals surface area (Å²) in [4.78, 5) is 12.1. The first-order valence-electron chi connectivity index (χ1n) is 5.85. The van der Waals surface area contributed by atoms with Gasteiger partial charge in [0.05, 0.1) is 0 Å². The van der Waals surface area contributed by atoms with Gasteiger partial charge in [0.2, 0.25) is 0 Å². The van der Waals surface area contributed by atoms with Gasteiger partial charge in [0.25, 0.3) is 5.91 Å². The first-order valence-corrected chi connectivity index (χ1v) is 5.85. The summed E-state index contributed by atoms with van der Waals surface area (Å²) < 4.78 is 13.1. The van der Waals surface area contributed by atoms with E-state index in [1.165, 1.54) is 18.2 Å². The molecule has 0 aromatic heterocycles. The second-order valence-corrected chi connectivity index (χ2v) is 4.37. The van der Waals surface area contributed by atoms with Crippen molar-refractivity contribution in [1.29, 1.82) is 0 Å². The average Bonchev–Trinajstić information content (AvgIpc) is 2.37. The number of carbonyl (C=O) groups excluding carboxylic acids is 1. The molecule has 98 valence electrons. The van der Waals surface area contributed by atoms with Gasteiger partial charge in [-0.05, 0) is 49.7 Å². The van der Waals surface area contributed by atoms with Crippen LogP contribution in [0.25, 0.3) is 0 Å². The number of halogens is 1. The van der Waals surface area contributed by atoms with Crippen LogP contribution in [0, 0.1) is 19.7 Å². The van der Waals surface area contributed by atoms with Gasteiger partial charge in [-0.15, -0.1) is 0 Å². The largest absolute Gasteiger partial charge is 0.508 e. The fraction of sp³-hybridized carbons (Fsp3) is 0.133. The molecule has 4 heteroatoms. The highest BCUT2D eigenvalue weighted by molar-refractivity contribution is 6.05. The lowest BCUT2D eigenvalue weighted by Crippen LogP contribution is -2.13.